The molecule has 0 bridgehead atoms. The number of carbonyl (C=O) groups excluding carboxylic acids is 1. The van der Waals surface area contributed by atoms with Crippen LogP contribution in [0.3, 0.4) is 0 Å². The van der Waals surface area contributed by atoms with E-state index in [1.54, 1.807) is 6.07 Å². The van der Waals surface area contributed by atoms with Crippen LogP contribution in [-0.4, -0.2) is 17.4 Å². The molecular weight excluding hydrogens is 255 g/mol. The van der Waals surface area contributed by atoms with Crippen LogP contribution in [0.2, 0.25) is 0 Å². The maximum atomic E-state index is 13.3. The molecule has 1 atom stereocenters. The lowest BCUT2D eigenvalue weighted by atomic mass is 9.98. The molecular formula is C16H17FN2O. The molecule has 2 aromatic rings. The SMILES string of the molecule is CC(CCNC(=O)c1cccnc1F)c1ccccc1. The van der Waals surface area contributed by atoms with E-state index in [1.807, 2.05) is 18.2 Å². The lowest BCUT2D eigenvalue weighted by Crippen LogP contribution is -2.26. The van der Waals surface area contributed by atoms with Crippen molar-refractivity contribution in [3.8, 4) is 0 Å². The van der Waals surface area contributed by atoms with Gasteiger partial charge in [0.1, 0.15) is 0 Å². The molecule has 104 valence electrons. The Balaban J connectivity index is 1.84. The Hall–Kier alpha value is -2.23. The molecule has 1 N–H and O–H groups in total. The van der Waals surface area contributed by atoms with Crippen molar-refractivity contribution >= 4 is 5.91 Å². The molecule has 0 aliphatic carbocycles. The molecule has 2 rings (SSSR count). The minimum Gasteiger partial charge on any atom is -0.352 e. The van der Waals surface area contributed by atoms with E-state index in [2.05, 4.69) is 29.4 Å². The Bertz CT molecular complexity index is 572. The lowest BCUT2D eigenvalue weighted by molar-refractivity contribution is 0.0947. The number of hydrogen-bond acceptors (Lipinski definition) is 2. The van der Waals surface area contributed by atoms with Gasteiger partial charge in [-0.1, -0.05) is 37.3 Å². The molecule has 0 fully saturated rings. The number of amides is 1. The smallest absolute Gasteiger partial charge is 0.255 e. The molecule has 1 heterocycles. The lowest BCUT2D eigenvalue weighted by Gasteiger charge is -2.12. The summed E-state index contributed by atoms with van der Waals surface area (Å²) in [5.74, 6) is -0.813. The first-order chi connectivity index (χ1) is 9.68. The summed E-state index contributed by atoms with van der Waals surface area (Å²) in [6.45, 7) is 2.61. The fourth-order valence-electron chi connectivity index (χ4n) is 2.00. The van der Waals surface area contributed by atoms with Gasteiger partial charge in [-0.3, -0.25) is 4.79 Å². The normalized spacial score (nSPS) is 11.9. The van der Waals surface area contributed by atoms with Gasteiger partial charge in [0.05, 0.1) is 5.56 Å². The molecule has 0 radical (unpaired) electrons. The van der Waals surface area contributed by atoms with Crippen LogP contribution in [0, 0.1) is 5.95 Å². The maximum Gasteiger partial charge on any atom is 0.255 e. The number of nitrogens with one attached hydrogen (secondary N) is 1. The number of benzene rings is 1. The van der Waals surface area contributed by atoms with E-state index < -0.39 is 11.9 Å². The first kappa shape index (κ1) is 14.2. The zero-order valence-corrected chi connectivity index (χ0v) is 11.3. The average Bonchev–Trinajstić information content (AvgIpc) is 2.48. The molecule has 0 aliphatic heterocycles. The summed E-state index contributed by atoms with van der Waals surface area (Å²) in [5, 5.41) is 2.72. The van der Waals surface area contributed by atoms with E-state index in [4.69, 9.17) is 0 Å². The van der Waals surface area contributed by atoms with Crippen molar-refractivity contribution in [2.24, 2.45) is 0 Å². The molecule has 0 spiro atoms. The minimum atomic E-state index is -0.735. The second kappa shape index (κ2) is 6.80. The fraction of sp³-hybridized carbons (Fsp3) is 0.250. The maximum absolute atomic E-state index is 13.3. The molecule has 3 nitrogen and oxygen atoms in total. The summed E-state index contributed by atoms with van der Waals surface area (Å²) in [6.07, 6.45) is 2.13. The highest BCUT2D eigenvalue weighted by Gasteiger charge is 2.12. The number of carbonyl (C=O) groups is 1. The van der Waals surface area contributed by atoms with E-state index in [9.17, 15) is 9.18 Å². The van der Waals surface area contributed by atoms with E-state index in [0.717, 1.165) is 6.42 Å². The predicted octanol–water partition coefficient (Wildman–Crippen LogP) is 3.14. The Morgan fingerprint density at radius 2 is 2.00 bits per heavy atom. The van der Waals surface area contributed by atoms with Gasteiger partial charge in [-0.2, -0.15) is 4.39 Å². The van der Waals surface area contributed by atoms with E-state index in [-0.39, 0.29) is 5.56 Å². The summed E-state index contributed by atoms with van der Waals surface area (Å²) < 4.78 is 13.3. The standard InChI is InChI=1S/C16H17FN2O/c1-12(13-6-3-2-4-7-13)9-11-19-16(20)14-8-5-10-18-15(14)17/h2-8,10,12H,9,11H2,1H3,(H,19,20). The highest BCUT2D eigenvalue weighted by atomic mass is 19.1. The van der Waals surface area contributed by atoms with Crippen LogP contribution in [0.5, 0.6) is 0 Å². The van der Waals surface area contributed by atoms with E-state index in [1.165, 1.54) is 17.8 Å². The van der Waals surface area contributed by atoms with Crippen molar-refractivity contribution in [1.82, 2.24) is 10.3 Å². The zero-order valence-electron chi connectivity index (χ0n) is 11.3. The van der Waals surface area contributed by atoms with Crippen molar-refractivity contribution in [3.63, 3.8) is 0 Å². The summed E-state index contributed by atoms with van der Waals surface area (Å²) in [6, 6.07) is 13.1. The first-order valence-electron chi connectivity index (χ1n) is 6.62. The van der Waals surface area contributed by atoms with Gasteiger partial charge in [-0.05, 0) is 30.0 Å². The van der Waals surface area contributed by atoms with Crippen LogP contribution < -0.4 is 5.32 Å². The summed E-state index contributed by atoms with van der Waals surface area (Å²) in [5.41, 5.74) is 1.22. The molecule has 0 saturated heterocycles. The third kappa shape index (κ3) is 3.63. The Morgan fingerprint density at radius 1 is 1.25 bits per heavy atom. The number of aromatic nitrogens is 1. The van der Waals surface area contributed by atoms with Crippen LogP contribution in [-0.2, 0) is 0 Å². The molecule has 1 aromatic heterocycles. The van der Waals surface area contributed by atoms with Gasteiger partial charge in [-0.25, -0.2) is 4.98 Å². The van der Waals surface area contributed by atoms with Crippen LogP contribution >= 0.6 is 0 Å². The molecule has 1 amide bonds. The van der Waals surface area contributed by atoms with Crippen LogP contribution in [0.4, 0.5) is 4.39 Å². The first-order valence-corrected chi connectivity index (χ1v) is 6.62. The summed E-state index contributed by atoms with van der Waals surface area (Å²) >= 11 is 0. The van der Waals surface area contributed by atoms with Crippen LogP contribution in [0.15, 0.2) is 48.7 Å². The molecule has 0 saturated carbocycles. The second-order valence-corrected chi connectivity index (χ2v) is 4.70. The summed E-state index contributed by atoms with van der Waals surface area (Å²) in [7, 11) is 0. The predicted molar refractivity (Wildman–Crippen MR) is 76.0 cm³/mol. The van der Waals surface area contributed by atoms with Gasteiger partial charge >= 0.3 is 0 Å². The van der Waals surface area contributed by atoms with E-state index >= 15 is 0 Å². The third-order valence-electron chi connectivity index (χ3n) is 3.24. The monoisotopic (exact) mass is 272 g/mol. The average molecular weight is 272 g/mol. The van der Waals surface area contributed by atoms with Crippen molar-refractivity contribution in [1.29, 1.82) is 0 Å². The highest BCUT2D eigenvalue weighted by molar-refractivity contribution is 5.94. The van der Waals surface area contributed by atoms with Crippen LogP contribution in [0.1, 0.15) is 35.2 Å². The van der Waals surface area contributed by atoms with Crippen molar-refractivity contribution < 1.29 is 9.18 Å². The van der Waals surface area contributed by atoms with Gasteiger partial charge < -0.3 is 5.32 Å². The molecule has 20 heavy (non-hydrogen) atoms. The quantitative estimate of drug-likeness (QED) is 0.850. The number of hydrogen-bond donors (Lipinski definition) is 1. The second-order valence-electron chi connectivity index (χ2n) is 4.70. The molecule has 0 aliphatic rings. The zero-order chi connectivity index (χ0) is 14.4. The molecule has 1 unspecified atom stereocenters. The van der Waals surface area contributed by atoms with E-state index in [0.29, 0.717) is 12.5 Å². The van der Waals surface area contributed by atoms with Gasteiger partial charge in [0.15, 0.2) is 0 Å². The Kier molecular flexibility index (Phi) is 4.82. The number of nitrogens with zero attached hydrogens (tertiary/aromatic N) is 1. The molecule has 1 aromatic carbocycles. The third-order valence-corrected chi connectivity index (χ3v) is 3.24. The van der Waals surface area contributed by atoms with Crippen molar-refractivity contribution in [3.05, 3.63) is 65.7 Å². The fourth-order valence-corrected chi connectivity index (χ4v) is 2.00. The van der Waals surface area contributed by atoms with Gasteiger partial charge in [0.2, 0.25) is 5.95 Å². The van der Waals surface area contributed by atoms with Crippen molar-refractivity contribution in [2.75, 3.05) is 6.54 Å². The van der Waals surface area contributed by atoms with Gasteiger partial charge in [0.25, 0.3) is 5.91 Å². The topological polar surface area (TPSA) is 42.0 Å². The number of halogens is 1. The number of rotatable bonds is 5. The highest BCUT2D eigenvalue weighted by Crippen LogP contribution is 2.17. The van der Waals surface area contributed by atoms with Gasteiger partial charge in [0, 0.05) is 12.7 Å². The Morgan fingerprint density at radius 3 is 2.70 bits per heavy atom. The summed E-state index contributed by atoms with van der Waals surface area (Å²) in [4.78, 5) is 15.3. The van der Waals surface area contributed by atoms with Crippen molar-refractivity contribution in [2.45, 2.75) is 19.3 Å². The minimum absolute atomic E-state index is 0.0140. The van der Waals surface area contributed by atoms with Gasteiger partial charge in [-0.15, -0.1) is 0 Å². The largest absolute Gasteiger partial charge is 0.352 e. The Labute approximate surface area is 117 Å². The molecule has 4 heteroatoms. The van der Waals surface area contributed by atoms with Crippen LogP contribution in [0.25, 0.3) is 0 Å². The number of pyridine rings is 1.